The van der Waals surface area contributed by atoms with Crippen molar-refractivity contribution in [2.75, 3.05) is 0 Å². The highest BCUT2D eigenvalue weighted by Gasteiger charge is 2.10. The van der Waals surface area contributed by atoms with Crippen LogP contribution in [0.3, 0.4) is 0 Å². The summed E-state index contributed by atoms with van der Waals surface area (Å²) >= 11 is 5.79. The van der Waals surface area contributed by atoms with E-state index in [2.05, 4.69) is 5.73 Å². The van der Waals surface area contributed by atoms with Gasteiger partial charge in [0, 0.05) is 22.6 Å². The molecule has 0 amide bonds. The fourth-order valence-electron chi connectivity index (χ4n) is 1.59. The molecule has 1 N–H and O–H groups in total. The Hall–Kier alpha value is -1.34. The van der Waals surface area contributed by atoms with Crippen molar-refractivity contribution in [2.24, 2.45) is 0 Å². The average molecular weight is 265 g/mol. The molecular formula is C15H17ClO2. The molecule has 1 aromatic rings. The van der Waals surface area contributed by atoms with Crippen molar-refractivity contribution in [1.82, 2.24) is 0 Å². The quantitative estimate of drug-likeness (QED) is 0.663. The van der Waals surface area contributed by atoms with Crippen molar-refractivity contribution in [1.29, 1.82) is 0 Å². The molecule has 0 saturated carbocycles. The van der Waals surface area contributed by atoms with Crippen LogP contribution >= 0.6 is 11.6 Å². The topological polar surface area (TPSA) is 37.3 Å². The predicted octanol–water partition coefficient (Wildman–Crippen LogP) is 3.84. The van der Waals surface area contributed by atoms with Gasteiger partial charge in [-0.05, 0) is 31.5 Å². The Labute approximate surface area is 113 Å². The Morgan fingerprint density at radius 3 is 2.39 bits per heavy atom. The minimum atomic E-state index is -0.762. The van der Waals surface area contributed by atoms with E-state index in [0.29, 0.717) is 22.6 Å². The monoisotopic (exact) mass is 264 g/mol. The number of ketones is 1. The number of hydrogen-bond acceptors (Lipinski definition) is 2. The summed E-state index contributed by atoms with van der Waals surface area (Å²) < 4.78 is 0. The molecule has 1 rings (SSSR count). The second-order valence-electron chi connectivity index (χ2n) is 4.16. The van der Waals surface area contributed by atoms with Crippen molar-refractivity contribution < 1.29 is 9.90 Å². The number of hydrogen-bond donors (Lipinski definition) is 1. The van der Waals surface area contributed by atoms with Gasteiger partial charge >= 0.3 is 0 Å². The first kappa shape index (κ1) is 14.7. The smallest absolute Gasteiger partial charge is 0.165 e. The zero-order valence-electron chi connectivity index (χ0n) is 10.8. The van der Waals surface area contributed by atoms with E-state index in [0.717, 1.165) is 5.56 Å². The highest BCUT2D eigenvalue weighted by atomic mass is 35.5. The summed E-state index contributed by atoms with van der Waals surface area (Å²) in [6.07, 6.45) is -0.315. The van der Waals surface area contributed by atoms with Gasteiger partial charge in [-0.15, -0.1) is 5.73 Å². The fraction of sp³-hybridized carbons (Fsp3) is 0.333. The number of halogens is 1. The second kappa shape index (κ2) is 6.55. The minimum absolute atomic E-state index is 0.0395. The molecule has 0 aromatic heterocycles. The molecule has 2 nitrogen and oxygen atoms in total. The molecule has 0 aliphatic rings. The number of Topliss-reactive ketones (excluding diaryl/α,β-unsaturated/α-hetero) is 1. The second-order valence-corrected chi connectivity index (χ2v) is 4.60. The summed E-state index contributed by atoms with van der Waals surface area (Å²) in [5, 5.41) is 10.7. The van der Waals surface area contributed by atoms with Crippen LogP contribution in [0.1, 0.15) is 38.9 Å². The standard InChI is InChI=1S/C15H17ClO2/c1-4-14(17)10(2)9-11(3)15(18)12-5-7-13(16)8-6-12/h5-8,15,18H,4H2,1-3H3. The van der Waals surface area contributed by atoms with Crippen molar-refractivity contribution in [3.63, 3.8) is 0 Å². The van der Waals surface area contributed by atoms with Gasteiger partial charge in [0.15, 0.2) is 5.78 Å². The maximum absolute atomic E-state index is 11.4. The van der Waals surface area contributed by atoms with Crippen LogP contribution in [0.15, 0.2) is 41.1 Å². The third kappa shape index (κ3) is 3.85. The van der Waals surface area contributed by atoms with Gasteiger partial charge in [-0.25, -0.2) is 0 Å². The molecule has 0 saturated heterocycles. The van der Waals surface area contributed by atoms with E-state index in [1.54, 1.807) is 45.0 Å². The van der Waals surface area contributed by atoms with Crippen LogP contribution in [-0.2, 0) is 4.79 Å². The van der Waals surface area contributed by atoms with Gasteiger partial charge in [0.05, 0.1) is 0 Å². The minimum Gasteiger partial charge on any atom is -0.383 e. The lowest BCUT2D eigenvalue weighted by molar-refractivity contribution is -0.115. The Kier molecular flexibility index (Phi) is 5.36. The molecule has 0 radical (unpaired) electrons. The number of aliphatic hydroxyl groups is 1. The van der Waals surface area contributed by atoms with Gasteiger partial charge in [0.1, 0.15) is 6.10 Å². The van der Waals surface area contributed by atoms with Gasteiger partial charge in [-0.2, -0.15) is 0 Å². The van der Waals surface area contributed by atoms with Crippen molar-refractivity contribution in [3.05, 3.63) is 51.7 Å². The molecule has 3 heteroatoms. The van der Waals surface area contributed by atoms with E-state index >= 15 is 0 Å². The predicted molar refractivity (Wildman–Crippen MR) is 73.6 cm³/mol. The van der Waals surface area contributed by atoms with Crippen LogP contribution < -0.4 is 0 Å². The van der Waals surface area contributed by atoms with Gasteiger partial charge in [-0.1, -0.05) is 30.7 Å². The molecule has 0 spiro atoms. The average Bonchev–Trinajstić information content (AvgIpc) is 2.37. The van der Waals surface area contributed by atoms with Crippen molar-refractivity contribution in [3.8, 4) is 0 Å². The SMILES string of the molecule is CCC(=O)C(C)=C=C(C)C(O)c1ccc(Cl)cc1. The van der Waals surface area contributed by atoms with E-state index < -0.39 is 6.10 Å². The molecule has 0 aliphatic heterocycles. The maximum Gasteiger partial charge on any atom is 0.165 e. The molecule has 0 bridgehead atoms. The summed E-state index contributed by atoms with van der Waals surface area (Å²) in [4.78, 5) is 11.4. The van der Waals surface area contributed by atoms with Gasteiger partial charge in [0.25, 0.3) is 0 Å². The molecule has 1 aromatic carbocycles. The number of carbonyl (C=O) groups excluding carboxylic acids is 1. The number of benzene rings is 1. The number of rotatable bonds is 4. The van der Waals surface area contributed by atoms with Crippen molar-refractivity contribution >= 4 is 17.4 Å². The summed E-state index contributed by atoms with van der Waals surface area (Å²) in [5.74, 6) is 0.0395. The Morgan fingerprint density at radius 1 is 1.33 bits per heavy atom. The first-order valence-electron chi connectivity index (χ1n) is 5.86. The first-order valence-corrected chi connectivity index (χ1v) is 6.24. The lowest BCUT2D eigenvalue weighted by Crippen LogP contribution is -2.00. The zero-order valence-corrected chi connectivity index (χ0v) is 11.6. The third-order valence-corrected chi connectivity index (χ3v) is 2.97. The Balaban J connectivity index is 3.03. The molecule has 96 valence electrons. The van der Waals surface area contributed by atoms with Crippen LogP contribution in [-0.4, -0.2) is 10.9 Å². The molecule has 0 heterocycles. The third-order valence-electron chi connectivity index (χ3n) is 2.72. The Morgan fingerprint density at radius 2 is 1.89 bits per heavy atom. The number of aliphatic hydroxyl groups excluding tert-OH is 1. The summed E-state index contributed by atoms with van der Waals surface area (Å²) in [5.41, 5.74) is 4.85. The van der Waals surface area contributed by atoms with Gasteiger partial charge < -0.3 is 5.11 Å². The van der Waals surface area contributed by atoms with E-state index in [4.69, 9.17) is 11.6 Å². The highest BCUT2D eigenvalue weighted by Crippen LogP contribution is 2.22. The number of carbonyl (C=O) groups is 1. The normalized spacial score (nSPS) is 11.6. The Bertz CT molecular complexity index is 494. The van der Waals surface area contributed by atoms with Crippen LogP contribution in [0.5, 0.6) is 0 Å². The van der Waals surface area contributed by atoms with Crippen molar-refractivity contribution in [2.45, 2.75) is 33.3 Å². The summed E-state index contributed by atoms with van der Waals surface area (Å²) in [7, 11) is 0. The van der Waals surface area contributed by atoms with Gasteiger partial charge in [-0.3, -0.25) is 4.79 Å². The molecule has 0 fully saturated rings. The van der Waals surface area contributed by atoms with E-state index in [1.807, 2.05) is 0 Å². The van der Waals surface area contributed by atoms with E-state index in [9.17, 15) is 9.90 Å². The molecule has 1 unspecified atom stereocenters. The van der Waals surface area contributed by atoms with Crippen LogP contribution in [0, 0.1) is 0 Å². The molecule has 0 aliphatic carbocycles. The highest BCUT2D eigenvalue weighted by molar-refractivity contribution is 6.30. The van der Waals surface area contributed by atoms with Crippen LogP contribution in [0.2, 0.25) is 5.02 Å². The fourth-order valence-corrected chi connectivity index (χ4v) is 1.72. The van der Waals surface area contributed by atoms with Gasteiger partial charge in [0.2, 0.25) is 0 Å². The largest absolute Gasteiger partial charge is 0.383 e. The van der Waals surface area contributed by atoms with Crippen LogP contribution in [0.4, 0.5) is 0 Å². The lowest BCUT2D eigenvalue weighted by atomic mass is 10.0. The molecule has 1 atom stereocenters. The zero-order chi connectivity index (χ0) is 13.7. The first-order chi connectivity index (χ1) is 8.45. The van der Waals surface area contributed by atoms with E-state index in [1.165, 1.54) is 0 Å². The molecule has 18 heavy (non-hydrogen) atoms. The maximum atomic E-state index is 11.4. The summed E-state index contributed by atoms with van der Waals surface area (Å²) in [6.45, 7) is 5.27. The molecular weight excluding hydrogens is 248 g/mol. The lowest BCUT2D eigenvalue weighted by Gasteiger charge is -2.10. The van der Waals surface area contributed by atoms with E-state index in [-0.39, 0.29) is 5.78 Å². The van der Waals surface area contributed by atoms with Crippen LogP contribution in [0.25, 0.3) is 0 Å². The summed E-state index contributed by atoms with van der Waals surface area (Å²) in [6, 6.07) is 6.96.